The average Bonchev–Trinajstić information content (AvgIpc) is 3.30. The highest BCUT2D eigenvalue weighted by molar-refractivity contribution is 7.92. The lowest BCUT2D eigenvalue weighted by Crippen LogP contribution is -2.12. The molecule has 2 aromatic rings. The molecule has 1 atom stereocenters. The molecule has 0 spiro atoms. The SMILES string of the molecule is O=S(=O)(Nc1ccccc1)c1ccc(OCC2CO2)cc1. The minimum absolute atomic E-state index is 0.174. The molecule has 2 aromatic carbocycles. The van der Waals surface area contributed by atoms with E-state index in [-0.39, 0.29) is 11.0 Å². The molecule has 1 saturated heterocycles. The van der Waals surface area contributed by atoms with Crippen molar-refractivity contribution in [1.82, 2.24) is 0 Å². The van der Waals surface area contributed by atoms with E-state index < -0.39 is 10.0 Å². The maximum Gasteiger partial charge on any atom is 0.261 e. The molecule has 1 unspecified atom stereocenters. The molecule has 0 saturated carbocycles. The van der Waals surface area contributed by atoms with Gasteiger partial charge < -0.3 is 9.47 Å². The maximum absolute atomic E-state index is 12.2. The van der Waals surface area contributed by atoms with Crippen LogP contribution in [0.2, 0.25) is 0 Å². The van der Waals surface area contributed by atoms with Crippen molar-refractivity contribution >= 4 is 15.7 Å². The average molecular weight is 305 g/mol. The smallest absolute Gasteiger partial charge is 0.261 e. The summed E-state index contributed by atoms with van der Waals surface area (Å²) in [6.45, 7) is 1.22. The number of anilines is 1. The van der Waals surface area contributed by atoms with E-state index in [4.69, 9.17) is 9.47 Å². The summed E-state index contributed by atoms with van der Waals surface area (Å²) in [5.74, 6) is 0.629. The second-order valence-corrected chi connectivity index (χ2v) is 6.39. The lowest BCUT2D eigenvalue weighted by molar-refractivity contribution is 0.263. The molecule has 0 amide bonds. The molecular formula is C15H15NO4S. The van der Waals surface area contributed by atoms with E-state index in [0.717, 1.165) is 6.61 Å². The minimum Gasteiger partial charge on any atom is -0.491 e. The summed E-state index contributed by atoms with van der Waals surface area (Å²) in [5.41, 5.74) is 0.531. The first kappa shape index (κ1) is 13.9. The third kappa shape index (κ3) is 3.74. The van der Waals surface area contributed by atoms with Crippen molar-refractivity contribution in [1.29, 1.82) is 0 Å². The van der Waals surface area contributed by atoms with Crippen LogP contribution < -0.4 is 9.46 Å². The Bertz CT molecular complexity index is 694. The summed E-state index contributed by atoms with van der Waals surface area (Å²) in [7, 11) is -3.58. The zero-order valence-corrected chi connectivity index (χ0v) is 12.0. The van der Waals surface area contributed by atoms with E-state index in [0.29, 0.717) is 18.0 Å². The number of ether oxygens (including phenoxy) is 2. The first-order valence-corrected chi connectivity index (χ1v) is 8.04. The van der Waals surface area contributed by atoms with Gasteiger partial charge in [-0.05, 0) is 36.4 Å². The van der Waals surface area contributed by atoms with E-state index in [1.165, 1.54) is 12.1 Å². The number of benzene rings is 2. The Balaban J connectivity index is 1.69. The zero-order valence-electron chi connectivity index (χ0n) is 11.2. The van der Waals surface area contributed by atoms with Crippen molar-refractivity contribution in [3.8, 4) is 5.75 Å². The molecule has 1 aliphatic rings. The fraction of sp³-hybridized carbons (Fsp3) is 0.200. The molecular weight excluding hydrogens is 290 g/mol. The van der Waals surface area contributed by atoms with Crippen molar-refractivity contribution < 1.29 is 17.9 Å². The third-order valence-electron chi connectivity index (χ3n) is 3.00. The first-order chi connectivity index (χ1) is 10.1. The van der Waals surface area contributed by atoms with Gasteiger partial charge in [0.2, 0.25) is 0 Å². The van der Waals surface area contributed by atoms with Gasteiger partial charge in [0.05, 0.1) is 11.5 Å². The number of epoxide rings is 1. The molecule has 6 heteroatoms. The van der Waals surface area contributed by atoms with Crippen LogP contribution in [0.3, 0.4) is 0 Å². The standard InChI is InChI=1S/C15H15NO4S/c17-21(18,16-12-4-2-1-3-5-12)15-8-6-13(7-9-15)19-10-14-11-20-14/h1-9,14,16H,10-11H2. The van der Waals surface area contributed by atoms with Crippen molar-refractivity contribution in [2.24, 2.45) is 0 Å². The lowest BCUT2D eigenvalue weighted by Gasteiger charge is -2.09. The minimum atomic E-state index is -3.58. The highest BCUT2D eigenvalue weighted by atomic mass is 32.2. The summed E-state index contributed by atoms with van der Waals surface area (Å²) in [4.78, 5) is 0.196. The van der Waals surface area contributed by atoms with Gasteiger partial charge >= 0.3 is 0 Å². The van der Waals surface area contributed by atoms with Gasteiger partial charge in [0.15, 0.2) is 0 Å². The molecule has 0 aliphatic carbocycles. The number of rotatable bonds is 6. The van der Waals surface area contributed by atoms with Crippen LogP contribution in [0, 0.1) is 0 Å². The Hall–Kier alpha value is -2.05. The molecule has 1 aliphatic heterocycles. The number of hydrogen-bond donors (Lipinski definition) is 1. The fourth-order valence-corrected chi connectivity index (χ4v) is 2.85. The van der Waals surface area contributed by atoms with Crippen LogP contribution in [0.5, 0.6) is 5.75 Å². The number of sulfonamides is 1. The van der Waals surface area contributed by atoms with E-state index in [1.54, 1.807) is 36.4 Å². The van der Waals surface area contributed by atoms with Gasteiger partial charge in [0, 0.05) is 5.69 Å². The van der Waals surface area contributed by atoms with Crippen molar-refractivity contribution in [3.05, 3.63) is 54.6 Å². The third-order valence-corrected chi connectivity index (χ3v) is 4.40. The molecule has 5 nitrogen and oxygen atoms in total. The summed E-state index contributed by atoms with van der Waals surface area (Å²) < 4.78 is 37.5. The molecule has 1 N–H and O–H groups in total. The largest absolute Gasteiger partial charge is 0.491 e. The Kier molecular flexibility index (Phi) is 3.81. The van der Waals surface area contributed by atoms with Gasteiger partial charge in [-0.25, -0.2) is 8.42 Å². The van der Waals surface area contributed by atoms with E-state index >= 15 is 0 Å². The van der Waals surface area contributed by atoms with Crippen molar-refractivity contribution in [3.63, 3.8) is 0 Å². The quantitative estimate of drug-likeness (QED) is 0.831. The molecule has 110 valence electrons. The molecule has 0 bridgehead atoms. The lowest BCUT2D eigenvalue weighted by atomic mass is 10.3. The van der Waals surface area contributed by atoms with Crippen LogP contribution in [0.15, 0.2) is 59.5 Å². The van der Waals surface area contributed by atoms with E-state index in [2.05, 4.69) is 4.72 Å². The van der Waals surface area contributed by atoms with Crippen LogP contribution in [-0.2, 0) is 14.8 Å². The van der Waals surface area contributed by atoms with E-state index in [1.807, 2.05) is 6.07 Å². The number of para-hydroxylation sites is 1. The Morgan fingerprint density at radius 1 is 1.10 bits per heavy atom. The monoisotopic (exact) mass is 305 g/mol. The molecule has 21 heavy (non-hydrogen) atoms. The molecule has 1 fully saturated rings. The van der Waals surface area contributed by atoms with Crippen molar-refractivity contribution in [2.45, 2.75) is 11.0 Å². The predicted molar refractivity (Wildman–Crippen MR) is 78.9 cm³/mol. The number of nitrogens with one attached hydrogen (secondary N) is 1. The Morgan fingerprint density at radius 3 is 2.38 bits per heavy atom. The molecule has 3 rings (SSSR count). The van der Waals surface area contributed by atoms with Crippen LogP contribution in [0.4, 0.5) is 5.69 Å². The molecule has 1 heterocycles. The number of hydrogen-bond acceptors (Lipinski definition) is 4. The topological polar surface area (TPSA) is 67.9 Å². The highest BCUT2D eigenvalue weighted by Crippen LogP contribution is 2.20. The predicted octanol–water partition coefficient (Wildman–Crippen LogP) is 2.27. The summed E-state index contributed by atoms with van der Waals surface area (Å²) in [5, 5.41) is 0. The summed E-state index contributed by atoms with van der Waals surface area (Å²) in [6, 6.07) is 15.1. The van der Waals surface area contributed by atoms with Gasteiger partial charge in [0.1, 0.15) is 18.5 Å². The zero-order chi connectivity index (χ0) is 14.7. The van der Waals surface area contributed by atoms with Crippen molar-refractivity contribution in [2.75, 3.05) is 17.9 Å². The first-order valence-electron chi connectivity index (χ1n) is 6.56. The summed E-state index contributed by atoms with van der Waals surface area (Å²) in [6.07, 6.45) is 0.174. The van der Waals surface area contributed by atoms with Gasteiger partial charge in [-0.1, -0.05) is 18.2 Å². The highest BCUT2D eigenvalue weighted by Gasteiger charge is 2.23. The molecule has 0 aromatic heterocycles. The van der Waals surface area contributed by atoms with Gasteiger partial charge in [-0.2, -0.15) is 0 Å². The van der Waals surface area contributed by atoms with Crippen LogP contribution in [0.25, 0.3) is 0 Å². The van der Waals surface area contributed by atoms with Gasteiger partial charge in [-0.3, -0.25) is 4.72 Å². The normalized spacial score (nSPS) is 17.2. The van der Waals surface area contributed by atoms with Crippen LogP contribution >= 0.6 is 0 Å². The van der Waals surface area contributed by atoms with Crippen LogP contribution in [0.1, 0.15) is 0 Å². The Labute approximate surface area is 123 Å². The Morgan fingerprint density at radius 2 is 1.76 bits per heavy atom. The summed E-state index contributed by atoms with van der Waals surface area (Å²) >= 11 is 0. The second-order valence-electron chi connectivity index (χ2n) is 4.71. The fourth-order valence-electron chi connectivity index (χ4n) is 1.79. The molecule has 0 radical (unpaired) electrons. The van der Waals surface area contributed by atoms with Crippen LogP contribution in [-0.4, -0.2) is 27.7 Å². The van der Waals surface area contributed by atoms with Gasteiger partial charge in [0.25, 0.3) is 10.0 Å². The second kappa shape index (κ2) is 5.75. The van der Waals surface area contributed by atoms with Gasteiger partial charge in [-0.15, -0.1) is 0 Å². The van der Waals surface area contributed by atoms with E-state index in [9.17, 15) is 8.42 Å². The maximum atomic E-state index is 12.2.